The first kappa shape index (κ1) is 18.4. The fraction of sp³-hybridized carbons (Fsp3) is 0.700. The number of hydrogen-bond acceptors (Lipinski definition) is 3. The Bertz CT molecular complexity index is 578. The fourth-order valence-corrected chi connectivity index (χ4v) is 4.41. The van der Waals surface area contributed by atoms with E-state index in [0.29, 0.717) is 25.2 Å². The minimum Gasteiger partial charge on any atom is -0.491 e. The summed E-state index contributed by atoms with van der Waals surface area (Å²) >= 11 is 0. The monoisotopic (exact) mass is 354 g/mol. The fourth-order valence-electron chi connectivity index (χ4n) is 4.41. The van der Waals surface area contributed by atoms with Gasteiger partial charge in [0, 0.05) is 7.11 Å². The summed E-state index contributed by atoms with van der Waals surface area (Å²) in [5.74, 6) is -0.144. The molecule has 0 amide bonds. The van der Waals surface area contributed by atoms with Gasteiger partial charge in [-0.2, -0.15) is 8.78 Å². The molecule has 0 aromatic heterocycles. The van der Waals surface area contributed by atoms with E-state index in [1.165, 1.54) is 25.0 Å². The molecular weight excluding hydrogens is 326 g/mol. The molecule has 140 valence electrons. The summed E-state index contributed by atoms with van der Waals surface area (Å²) in [7, 11) is 1.80. The second-order valence-electron chi connectivity index (χ2n) is 7.30. The van der Waals surface area contributed by atoms with Gasteiger partial charge in [0.05, 0.1) is 19.3 Å². The van der Waals surface area contributed by atoms with Crippen LogP contribution < -0.4 is 9.47 Å². The zero-order valence-corrected chi connectivity index (χ0v) is 15.1. The highest BCUT2D eigenvalue weighted by molar-refractivity contribution is 5.35. The summed E-state index contributed by atoms with van der Waals surface area (Å²) in [5.41, 5.74) is 0. The molecule has 0 aliphatic heterocycles. The summed E-state index contributed by atoms with van der Waals surface area (Å²) < 4.78 is 44.2. The van der Waals surface area contributed by atoms with Crippen molar-refractivity contribution in [3.63, 3.8) is 0 Å². The number of methoxy groups -OCH3 is 1. The van der Waals surface area contributed by atoms with Crippen LogP contribution in [-0.2, 0) is 4.74 Å². The Labute approximate surface area is 148 Å². The Morgan fingerprint density at radius 2 is 1.56 bits per heavy atom. The molecule has 2 aliphatic rings. The first-order chi connectivity index (χ1) is 12.1. The highest BCUT2D eigenvalue weighted by atomic mass is 19.2. The molecule has 0 bridgehead atoms. The second kappa shape index (κ2) is 8.35. The molecule has 3 nitrogen and oxygen atoms in total. The first-order valence-electron chi connectivity index (χ1n) is 9.38. The van der Waals surface area contributed by atoms with Crippen LogP contribution in [0.4, 0.5) is 8.78 Å². The molecule has 2 saturated carbocycles. The third-order valence-corrected chi connectivity index (χ3v) is 5.79. The Morgan fingerprint density at radius 1 is 0.920 bits per heavy atom. The lowest BCUT2D eigenvalue weighted by molar-refractivity contribution is 0.00158. The van der Waals surface area contributed by atoms with Gasteiger partial charge in [-0.1, -0.05) is 0 Å². The van der Waals surface area contributed by atoms with Gasteiger partial charge in [-0.05, 0) is 75.3 Å². The summed E-state index contributed by atoms with van der Waals surface area (Å²) in [4.78, 5) is 0. The van der Waals surface area contributed by atoms with Crippen molar-refractivity contribution < 1.29 is 23.0 Å². The molecule has 0 radical (unpaired) electrons. The quantitative estimate of drug-likeness (QED) is 0.721. The summed E-state index contributed by atoms with van der Waals surface area (Å²) in [5, 5.41) is 0. The van der Waals surface area contributed by atoms with Crippen LogP contribution >= 0.6 is 0 Å². The summed E-state index contributed by atoms with van der Waals surface area (Å²) in [6.45, 7) is 2.48. The number of halogens is 2. The molecule has 0 N–H and O–H groups in total. The molecule has 3 rings (SSSR count). The van der Waals surface area contributed by atoms with E-state index in [1.54, 1.807) is 14.0 Å². The van der Waals surface area contributed by atoms with Crippen molar-refractivity contribution in [2.45, 2.75) is 51.6 Å². The van der Waals surface area contributed by atoms with E-state index in [9.17, 15) is 8.78 Å². The van der Waals surface area contributed by atoms with Gasteiger partial charge >= 0.3 is 0 Å². The minimum atomic E-state index is -0.971. The SMILES string of the molecule is CCOc1ccc(OCC2CCC3CC(OC)CCC3C2)c(F)c1F. The lowest BCUT2D eigenvalue weighted by Crippen LogP contribution is -2.35. The standard InChI is InChI=1S/C20H28F2O3/c1-3-24-17-8-9-18(20(22)19(17)21)25-12-13-4-5-15-11-16(23-2)7-6-14(15)10-13/h8-9,13-16H,3-7,10-12H2,1-2H3. The molecule has 0 spiro atoms. The molecule has 0 heterocycles. The van der Waals surface area contributed by atoms with Crippen LogP contribution in [-0.4, -0.2) is 26.4 Å². The van der Waals surface area contributed by atoms with Gasteiger partial charge in [0.2, 0.25) is 11.6 Å². The number of hydrogen-bond donors (Lipinski definition) is 0. The predicted octanol–water partition coefficient (Wildman–Crippen LogP) is 4.97. The van der Waals surface area contributed by atoms with Crippen molar-refractivity contribution in [2.24, 2.45) is 17.8 Å². The maximum atomic E-state index is 14.1. The van der Waals surface area contributed by atoms with Gasteiger partial charge in [0.15, 0.2) is 11.5 Å². The minimum absolute atomic E-state index is 0.0221. The molecule has 4 atom stereocenters. The van der Waals surface area contributed by atoms with Crippen molar-refractivity contribution in [1.29, 1.82) is 0 Å². The average Bonchev–Trinajstić information content (AvgIpc) is 2.64. The van der Waals surface area contributed by atoms with Crippen LogP contribution in [0, 0.1) is 29.4 Å². The molecule has 2 aliphatic carbocycles. The third-order valence-electron chi connectivity index (χ3n) is 5.79. The Hall–Kier alpha value is -1.36. The number of ether oxygens (including phenoxy) is 3. The average molecular weight is 354 g/mol. The first-order valence-corrected chi connectivity index (χ1v) is 9.38. The molecule has 5 heteroatoms. The molecule has 4 unspecified atom stereocenters. The molecule has 0 saturated heterocycles. The highest BCUT2D eigenvalue weighted by Gasteiger charge is 2.35. The zero-order valence-electron chi connectivity index (χ0n) is 15.1. The van der Waals surface area contributed by atoms with Crippen molar-refractivity contribution >= 4 is 0 Å². The van der Waals surface area contributed by atoms with E-state index in [-0.39, 0.29) is 11.5 Å². The molecule has 1 aromatic carbocycles. The van der Waals surface area contributed by atoms with Gasteiger partial charge < -0.3 is 14.2 Å². The van der Waals surface area contributed by atoms with E-state index < -0.39 is 11.6 Å². The van der Waals surface area contributed by atoms with Gasteiger partial charge in [0.25, 0.3) is 0 Å². The van der Waals surface area contributed by atoms with Crippen LogP contribution in [0.25, 0.3) is 0 Å². The van der Waals surface area contributed by atoms with E-state index >= 15 is 0 Å². The normalized spacial score (nSPS) is 29.1. The molecule has 25 heavy (non-hydrogen) atoms. The van der Waals surface area contributed by atoms with E-state index in [1.807, 2.05) is 0 Å². The van der Waals surface area contributed by atoms with Gasteiger partial charge in [-0.25, -0.2) is 0 Å². The molecular formula is C20H28F2O3. The van der Waals surface area contributed by atoms with E-state index in [2.05, 4.69) is 0 Å². The Morgan fingerprint density at radius 3 is 2.24 bits per heavy atom. The Balaban J connectivity index is 1.54. The maximum absolute atomic E-state index is 14.1. The van der Waals surface area contributed by atoms with Crippen LogP contribution in [0.5, 0.6) is 11.5 Å². The van der Waals surface area contributed by atoms with Crippen LogP contribution in [0.3, 0.4) is 0 Å². The Kier molecular flexibility index (Phi) is 6.15. The van der Waals surface area contributed by atoms with Crippen LogP contribution in [0.1, 0.15) is 45.4 Å². The topological polar surface area (TPSA) is 27.7 Å². The number of benzene rings is 1. The highest BCUT2D eigenvalue weighted by Crippen LogP contribution is 2.43. The van der Waals surface area contributed by atoms with E-state index in [4.69, 9.17) is 14.2 Å². The van der Waals surface area contributed by atoms with Gasteiger partial charge in [0.1, 0.15) is 0 Å². The zero-order chi connectivity index (χ0) is 17.8. The molecule has 2 fully saturated rings. The summed E-state index contributed by atoms with van der Waals surface area (Å²) in [6.07, 6.45) is 7.28. The number of fused-ring (bicyclic) bond motifs is 1. The lowest BCUT2D eigenvalue weighted by Gasteiger charge is -2.41. The smallest absolute Gasteiger partial charge is 0.204 e. The maximum Gasteiger partial charge on any atom is 0.204 e. The van der Waals surface area contributed by atoms with Crippen molar-refractivity contribution in [2.75, 3.05) is 20.3 Å². The van der Waals surface area contributed by atoms with E-state index in [0.717, 1.165) is 37.5 Å². The second-order valence-corrected chi connectivity index (χ2v) is 7.30. The van der Waals surface area contributed by atoms with Crippen molar-refractivity contribution in [3.8, 4) is 11.5 Å². The lowest BCUT2D eigenvalue weighted by atomic mass is 9.67. The van der Waals surface area contributed by atoms with Crippen LogP contribution in [0.2, 0.25) is 0 Å². The number of rotatable bonds is 6. The van der Waals surface area contributed by atoms with Gasteiger partial charge in [-0.3, -0.25) is 0 Å². The predicted molar refractivity (Wildman–Crippen MR) is 92.0 cm³/mol. The summed E-state index contributed by atoms with van der Waals surface area (Å²) in [6, 6.07) is 2.89. The van der Waals surface area contributed by atoms with Crippen molar-refractivity contribution in [1.82, 2.24) is 0 Å². The van der Waals surface area contributed by atoms with Gasteiger partial charge in [-0.15, -0.1) is 0 Å². The largest absolute Gasteiger partial charge is 0.491 e. The molecule has 1 aromatic rings. The third kappa shape index (κ3) is 4.25. The van der Waals surface area contributed by atoms with Crippen LogP contribution in [0.15, 0.2) is 12.1 Å². The van der Waals surface area contributed by atoms with Crippen molar-refractivity contribution in [3.05, 3.63) is 23.8 Å².